The van der Waals surface area contributed by atoms with Crippen LogP contribution in [0, 0.1) is 0 Å². The molecule has 0 amide bonds. The zero-order chi connectivity index (χ0) is 16.0. The molecule has 0 heterocycles. The highest BCUT2D eigenvalue weighted by molar-refractivity contribution is 6.69. The predicted octanol–water partition coefficient (Wildman–Crippen LogP) is 4.93. The molecule has 0 bridgehead atoms. The van der Waals surface area contributed by atoms with E-state index in [1.807, 2.05) is 0 Å². The minimum atomic E-state index is -1.59. The first-order chi connectivity index (χ1) is 10.5. The number of rotatable bonds is 7. The van der Waals surface area contributed by atoms with Crippen LogP contribution in [-0.4, -0.2) is 14.9 Å². The van der Waals surface area contributed by atoms with Gasteiger partial charge in [0.1, 0.15) is 0 Å². The molecular formula is C19H27NOSi. The molecule has 2 aromatic carbocycles. The Balaban J connectivity index is 2.04. The molecule has 0 aliphatic heterocycles. The van der Waals surface area contributed by atoms with Gasteiger partial charge in [-0.15, -0.1) is 0 Å². The van der Waals surface area contributed by atoms with E-state index in [0.717, 1.165) is 6.54 Å². The van der Waals surface area contributed by atoms with Gasteiger partial charge in [-0.05, 0) is 37.7 Å². The maximum absolute atomic E-state index is 6.39. The average molecular weight is 314 g/mol. The van der Waals surface area contributed by atoms with Crippen molar-refractivity contribution in [2.24, 2.45) is 0 Å². The first-order valence-electron chi connectivity index (χ1n) is 7.97. The monoisotopic (exact) mass is 313 g/mol. The average Bonchev–Trinajstić information content (AvgIpc) is 2.52. The maximum Gasteiger partial charge on any atom is 0.184 e. The second-order valence-electron chi connectivity index (χ2n) is 6.67. The van der Waals surface area contributed by atoms with Crippen LogP contribution in [0.4, 0.5) is 0 Å². The summed E-state index contributed by atoms with van der Waals surface area (Å²) in [5, 5.41) is 3.62. The largest absolute Gasteiger partial charge is 0.409 e. The van der Waals surface area contributed by atoms with Gasteiger partial charge in [0, 0.05) is 12.6 Å². The van der Waals surface area contributed by atoms with Gasteiger partial charge in [-0.3, -0.25) is 0 Å². The lowest BCUT2D eigenvalue weighted by atomic mass is 10.1. The minimum absolute atomic E-state index is 0.110. The summed E-state index contributed by atoms with van der Waals surface area (Å²) in [4.78, 5) is 0. The normalized spacial score (nSPS) is 14.5. The molecule has 0 saturated heterocycles. The summed E-state index contributed by atoms with van der Waals surface area (Å²) in [7, 11) is -1.59. The smallest absolute Gasteiger partial charge is 0.184 e. The molecule has 0 aliphatic carbocycles. The Morgan fingerprint density at radius 2 is 1.36 bits per heavy atom. The summed E-state index contributed by atoms with van der Waals surface area (Å²) in [6.07, 6.45) is 0.110. The Kier molecular flexibility index (Phi) is 5.95. The van der Waals surface area contributed by atoms with E-state index in [-0.39, 0.29) is 6.10 Å². The predicted molar refractivity (Wildman–Crippen MR) is 96.5 cm³/mol. The van der Waals surface area contributed by atoms with E-state index >= 15 is 0 Å². The van der Waals surface area contributed by atoms with Crippen LogP contribution in [-0.2, 0) is 4.43 Å². The van der Waals surface area contributed by atoms with Gasteiger partial charge in [0.25, 0.3) is 0 Å². The summed E-state index contributed by atoms with van der Waals surface area (Å²) < 4.78 is 6.39. The van der Waals surface area contributed by atoms with Gasteiger partial charge < -0.3 is 9.74 Å². The quantitative estimate of drug-likeness (QED) is 0.732. The van der Waals surface area contributed by atoms with Crippen molar-refractivity contribution >= 4 is 8.32 Å². The van der Waals surface area contributed by atoms with Crippen LogP contribution in [0.1, 0.15) is 30.2 Å². The topological polar surface area (TPSA) is 21.3 Å². The van der Waals surface area contributed by atoms with Crippen molar-refractivity contribution in [3.05, 3.63) is 71.8 Å². The lowest BCUT2D eigenvalue weighted by Gasteiger charge is -2.28. The van der Waals surface area contributed by atoms with Crippen LogP contribution in [0.3, 0.4) is 0 Å². The summed E-state index contributed by atoms with van der Waals surface area (Å²) >= 11 is 0. The van der Waals surface area contributed by atoms with Crippen LogP contribution in [0.2, 0.25) is 19.6 Å². The number of hydrogen-bond acceptors (Lipinski definition) is 2. The maximum atomic E-state index is 6.39. The minimum Gasteiger partial charge on any atom is -0.409 e. The third-order valence-corrected chi connectivity index (χ3v) is 4.57. The highest BCUT2D eigenvalue weighted by atomic mass is 28.4. The fraction of sp³-hybridized carbons (Fsp3) is 0.368. The highest BCUT2D eigenvalue weighted by Crippen LogP contribution is 2.23. The van der Waals surface area contributed by atoms with Gasteiger partial charge in [-0.1, -0.05) is 60.7 Å². The third kappa shape index (κ3) is 5.41. The summed E-state index contributed by atoms with van der Waals surface area (Å²) in [5.74, 6) is 0. The molecule has 2 aromatic rings. The van der Waals surface area contributed by atoms with E-state index in [0.29, 0.717) is 6.04 Å². The molecule has 2 nitrogen and oxygen atoms in total. The molecule has 118 valence electrons. The number of hydrogen-bond donors (Lipinski definition) is 1. The van der Waals surface area contributed by atoms with Crippen molar-refractivity contribution in [2.45, 2.75) is 38.7 Å². The Bertz CT molecular complexity index is 551. The molecule has 0 aliphatic rings. The number of nitrogens with one attached hydrogen (secondary N) is 1. The van der Waals surface area contributed by atoms with Crippen molar-refractivity contribution < 1.29 is 4.43 Å². The molecule has 0 spiro atoms. The molecule has 0 aromatic heterocycles. The van der Waals surface area contributed by atoms with E-state index in [1.165, 1.54) is 11.1 Å². The van der Waals surface area contributed by atoms with Gasteiger partial charge in [-0.2, -0.15) is 0 Å². The zero-order valence-electron chi connectivity index (χ0n) is 14.0. The Hall–Kier alpha value is -1.42. The Morgan fingerprint density at radius 1 is 0.864 bits per heavy atom. The van der Waals surface area contributed by atoms with E-state index in [4.69, 9.17) is 4.43 Å². The summed E-state index contributed by atoms with van der Waals surface area (Å²) in [6.45, 7) is 9.74. The SMILES string of the molecule is CC(NC[C@@H](O[Si](C)(C)C)c1ccccc1)c1ccccc1. The lowest BCUT2D eigenvalue weighted by molar-refractivity contribution is 0.190. The van der Waals surface area contributed by atoms with Crippen molar-refractivity contribution in [1.29, 1.82) is 0 Å². The van der Waals surface area contributed by atoms with Crippen LogP contribution in [0.25, 0.3) is 0 Å². The molecule has 0 saturated carbocycles. The van der Waals surface area contributed by atoms with Gasteiger partial charge in [0.05, 0.1) is 6.10 Å². The van der Waals surface area contributed by atoms with Crippen LogP contribution in [0.5, 0.6) is 0 Å². The first-order valence-corrected chi connectivity index (χ1v) is 11.4. The van der Waals surface area contributed by atoms with Crippen LogP contribution in [0.15, 0.2) is 60.7 Å². The third-order valence-electron chi connectivity index (χ3n) is 3.58. The molecule has 1 unspecified atom stereocenters. The first kappa shape index (κ1) is 16.9. The molecule has 2 atom stereocenters. The number of benzene rings is 2. The van der Waals surface area contributed by atoms with Gasteiger partial charge in [-0.25, -0.2) is 0 Å². The van der Waals surface area contributed by atoms with E-state index in [2.05, 4.69) is 92.5 Å². The molecule has 2 rings (SSSR count). The molecule has 1 N–H and O–H groups in total. The van der Waals surface area contributed by atoms with Crippen molar-refractivity contribution in [1.82, 2.24) is 5.32 Å². The Morgan fingerprint density at radius 3 is 1.86 bits per heavy atom. The van der Waals surface area contributed by atoms with Gasteiger partial charge in [0.15, 0.2) is 8.32 Å². The molecular weight excluding hydrogens is 286 g/mol. The fourth-order valence-corrected chi connectivity index (χ4v) is 3.54. The summed E-state index contributed by atoms with van der Waals surface area (Å²) in [5.41, 5.74) is 2.56. The van der Waals surface area contributed by atoms with Gasteiger partial charge in [0.2, 0.25) is 0 Å². The lowest BCUT2D eigenvalue weighted by Crippen LogP contribution is -2.34. The highest BCUT2D eigenvalue weighted by Gasteiger charge is 2.22. The van der Waals surface area contributed by atoms with Crippen LogP contribution < -0.4 is 5.32 Å². The van der Waals surface area contributed by atoms with Crippen molar-refractivity contribution in [3.63, 3.8) is 0 Å². The van der Waals surface area contributed by atoms with Crippen LogP contribution >= 0.6 is 0 Å². The standard InChI is InChI=1S/C19H27NOSi/c1-16(17-11-7-5-8-12-17)20-15-19(21-22(2,3)4)18-13-9-6-10-14-18/h5-14,16,19-20H,15H2,1-4H3/t16?,19-/m1/s1. The molecule has 0 fully saturated rings. The summed E-state index contributed by atoms with van der Waals surface area (Å²) in [6, 6.07) is 21.4. The molecule has 22 heavy (non-hydrogen) atoms. The molecule has 3 heteroatoms. The van der Waals surface area contributed by atoms with E-state index in [1.54, 1.807) is 0 Å². The zero-order valence-corrected chi connectivity index (χ0v) is 15.0. The van der Waals surface area contributed by atoms with Crippen molar-refractivity contribution in [3.8, 4) is 0 Å². The van der Waals surface area contributed by atoms with Crippen molar-refractivity contribution in [2.75, 3.05) is 6.54 Å². The molecule has 0 radical (unpaired) electrons. The van der Waals surface area contributed by atoms with E-state index in [9.17, 15) is 0 Å². The second-order valence-corrected chi connectivity index (χ2v) is 11.1. The fourth-order valence-electron chi connectivity index (χ4n) is 2.47. The van der Waals surface area contributed by atoms with E-state index < -0.39 is 8.32 Å². The Labute approximate surface area is 135 Å². The second kappa shape index (κ2) is 7.72. The van der Waals surface area contributed by atoms with Gasteiger partial charge >= 0.3 is 0 Å².